The van der Waals surface area contributed by atoms with Gasteiger partial charge in [0, 0.05) is 5.33 Å². The molecule has 0 radical (unpaired) electrons. The van der Waals surface area contributed by atoms with Crippen LogP contribution in [0.2, 0.25) is 0 Å². The molecule has 0 fully saturated rings. The topological polar surface area (TPSA) is 46.5 Å². The van der Waals surface area contributed by atoms with Gasteiger partial charge >= 0.3 is 5.97 Å². The summed E-state index contributed by atoms with van der Waals surface area (Å²) >= 11 is 3.45. The number of ether oxygens (including phenoxy) is 1. The monoisotopic (exact) mass is 428 g/mol. The minimum Gasteiger partial charge on any atom is -0.460 e. The molecule has 0 heterocycles. The van der Waals surface area contributed by atoms with Gasteiger partial charge in [0.05, 0.1) is 12.5 Å². The number of carbonyl (C=O) groups is 1. The molecule has 1 unspecified atom stereocenters. The molecular weight excluding hydrogens is 392 g/mol. The van der Waals surface area contributed by atoms with Crippen LogP contribution in [0.15, 0.2) is 36.5 Å². The molecule has 0 spiro atoms. The molecule has 0 aromatic carbocycles. The fourth-order valence-corrected chi connectivity index (χ4v) is 2.67. The van der Waals surface area contributed by atoms with Crippen LogP contribution in [0, 0.1) is 0 Å². The molecule has 0 rings (SSSR count). The van der Waals surface area contributed by atoms with E-state index in [1.165, 1.54) is 25.7 Å². The van der Waals surface area contributed by atoms with E-state index in [0.717, 1.165) is 24.6 Å². The van der Waals surface area contributed by atoms with Gasteiger partial charge in [-0.3, -0.25) is 4.79 Å². The Labute approximate surface area is 168 Å². The Morgan fingerprint density at radius 3 is 2.12 bits per heavy atom. The van der Waals surface area contributed by atoms with E-state index in [2.05, 4.69) is 52.4 Å². The van der Waals surface area contributed by atoms with Crippen LogP contribution < -0.4 is 0 Å². The zero-order valence-corrected chi connectivity index (χ0v) is 18.3. The van der Waals surface area contributed by atoms with Gasteiger partial charge in [0.15, 0.2) is 0 Å². The molecule has 0 aliphatic heterocycles. The lowest BCUT2D eigenvalue weighted by Gasteiger charge is -2.20. The van der Waals surface area contributed by atoms with Gasteiger partial charge in [0.1, 0.15) is 5.60 Å². The molecular formula is C22H37BrO3. The first-order chi connectivity index (χ1) is 12.3. The molecule has 3 nitrogen and oxygen atoms in total. The van der Waals surface area contributed by atoms with Crippen molar-refractivity contribution in [3.63, 3.8) is 0 Å². The maximum Gasteiger partial charge on any atom is 0.308 e. The van der Waals surface area contributed by atoms with Crippen molar-refractivity contribution in [2.45, 2.75) is 90.3 Å². The average molecular weight is 429 g/mol. The van der Waals surface area contributed by atoms with Crippen molar-refractivity contribution in [2.75, 3.05) is 5.33 Å². The van der Waals surface area contributed by atoms with E-state index in [0.29, 0.717) is 6.42 Å². The second kappa shape index (κ2) is 16.3. The predicted octanol–water partition coefficient (Wildman–Crippen LogP) is 6.26. The average Bonchev–Trinajstić information content (AvgIpc) is 2.53. The molecule has 26 heavy (non-hydrogen) atoms. The lowest BCUT2D eigenvalue weighted by Crippen LogP contribution is -2.26. The van der Waals surface area contributed by atoms with E-state index in [1.54, 1.807) is 0 Å². The summed E-state index contributed by atoms with van der Waals surface area (Å²) in [6.07, 6.45) is 20.6. The Hall–Kier alpha value is -0.870. The van der Waals surface area contributed by atoms with Crippen LogP contribution in [0.4, 0.5) is 0 Å². The largest absolute Gasteiger partial charge is 0.460 e. The standard InChI is InChI=1S/C22H37BrO3/c1-22(2,3)26-21(25)19-20(24)17-15-13-11-9-7-5-4-6-8-10-12-14-16-18-23/h5-8,11,13,20,24H,4,9-10,12,14-19H2,1-3H3/b7-5+,8-6+,13-11+. The van der Waals surface area contributed by atoms with Crippen LogP contribution in [-0.2, 0) is 9.53 Å². The van der Waals surface area contributed by atoms with Crippen LogP contribution >= 0.6 is 15.9 Å². The van der Waals surface area contributed by atoms with Crippen molar-refractivity contribution < 1.29 is 14.6 Å². The van der Waals surface area contributed by atoms with Crippen molar-refractivity contribution in [1.29, 1.82) is 0 Å². The summed E-state index contributed by atoms with van der Waals surface area (Å²) in [5.74, 6) is -0.340. The number of esters is 1. The van der Waals surface area contributed by atoms with Gasteiger partial charge in [-0.05, 0) is 65.7 Å². The minimum atomic E-state index is -0.635. The summed E-state index contributed by atoms with van der Waals surface area (Å²) in [5, 5.41) is 11.0. The van der Waals surface area contributed by atoms with E-state index < -0.39 is 11.7 Å². The summed E-state index contributed by atoms with van der Waals surface area (Å²) in [6.45, 7) is 5.49. The van der Waals surface area contributed by atoms with Crippen LogP contribution in [0.3, 0.4) is 0 Å². The van der Waals surface area contributed by atoms with Crippen LogP contribution in [0.5, 0.6) is 0 Å². The van der Waals surface area contributed by atoms with Crippen LogP contribution in [0.1, 0.15) is 78.6 Å². The van der Waals surface area contributed by atoms with Gasteiger partial charge in [0.2, 0.25) is 0 Å². The van der Waals surface area contributed by atoms with Gasteiger partial charge < -0.3 is 9.84 Å². The number of unbranched alkanes of at least 4 members (excludes halogenated alkanes) is 3. The zero-order chi connectivity index (χ0) is 19.7. The van der Waals surface area contributed by atoms with E-state index in [4.69, 9.17) is 4.74 Å². The van der Waals surface area contributed by atoms with Crippen molar-refractivity contribution >= 4 is 21.9 Å². The number of hydrogen-bond acceptors (Lipinski definition) is 3. The zero-order valence-electron chi connectivity index (χ0n) is 16.8. The molecule has 1 N–H and O–H groups in total. The molecule has 4 heteroatoms. The number of aliphatic hydroxyl groups excluding tert-OH is 1. The smallest absolute Gasteiger partial charge is 0.308 e. The van der Waals surface area contributed by atoms with E-state index in [-0.39, 0.29) is 12.4 Å². The number of allylic oxidation sites excluding steroid dienone is 6. The highest BCUT2D eigenvalue weighted by Gasteiger charge is 2.18. The Kier molecular flexibility index (Phi) is 15.8. The number of halogens is 1. The molecule has 0 amide bonds. The maximum atomic E-state index is 11.6. The van der Waals surface area contributed by atoms with E-state index in [1.807, 2.05) is 20.8 Å². The highest BCUT2D eigenvalue weighted by Crippen LogP contribution is 2.11. The molecule has 150 valence electrons. The highest BCUT2D eigenvalue weighted by atomic mass is 79.9. The first-order valence-corrected chi connectivity index (χ1v) is 10.9. The molecule has 0 bridgehead atoms. The Bertz CT molecular complexity index is 433. The Morgan fingerprint density at radius 1 is 0.962 bits per heavy atom. The molecule has 0 saturated carbocycles. The number of hydrogen-bond donors (Lipinski definition) is 1. The van der Waals surface area contributed by atoms with Gasteiger partial charge in [-0.2, -0.15) is 0 Å². The van der Waals surface area contributed by atoms with Gasteiger partial charge in [-0.1, -0.05) is 58.8 Å². The second-order valence-electron chi connectivity index (χ2n) is 7.45. The summed E-state index contributed by atoms with van der Waals surface area (Å²) in [5.41, 5.74) is -0.494. The summed E-state index contributed by atoms with van der Waals surface area (Å²) in [6, 6.07) is 0. The maximum absolute atomic E-state index is 11.6. The summed E-state index contributed by atoms with van der Waals surface area (Å²) < 4.78 is 5.20. The van der Waals surface area contributed by atoms with E-state index >= 15 is 0 Å². The third kappa shape index (κ3) is 19.5. The minimum absolute atomic E-state index is 0.0630. The lowest BCUT2D eigenvalue weighted by molar-refractivity contribution is -0.157. The second-order valence-corrected chi connectivity index (χ2v) is 8.24. The number of aliphatic hydroxyl groups is 1. The van der Waals surface area contributed by atoms with Crippen molar-refractivity contribution in [3.8, 4) is 0 Å². The normalized spacial score (nSPS) is 13.9. The quantitative estimate of drug-likeness (QED) is 0.153. The SMILES string of the molecule is CC(C)(C)OC(=O)CC(O)CC/C=C/C/C=C/C/C=C/CCCCCBr. The fourth-order valence-electron chi connectivity index (χ4n) is 2.28. The molecule has 1 atom stereocenters. The first kappa shape index (κ1) is 25.1. The number of alkyl halides is 1. The summed E-state index contributed by atoms with van der Waals surface area (Å²) in [7, 11) is 0. The third-order valence-electron chi connectivity index (χ3n) is 3.54. The van der Waals surface area contributed by atoms with Gasteiger partial charge in [-0.15, -0.1) is 0 Å². The first-order valence-electron chi connectivity index (χ1n) is 9.76. The predicted molar refractivity (Wildman–Crippen MR) is 115 cm³/mol. The molecule has 0 saturated heterocycles. The van der Waals surface area contributed by atoms with Crippen molar-refractivity contribution in [1.82, 2.24) is 0 Å². The molecule has 0 aliphatic rings. The highest BCUT2D eigenvalue weighted by molar-refractivity contribution is 9.09. The Morgan fingerprint density at radius 2 is 1.54 bits per heavy atom. The molecule has 0 aromatic rings. The van der Waals surface area contributed by atoms with E-state index in [9.17, 15) is 9.90 Å². The number of carbonyl (C=O) groups excluding carboxylic acids is 1. The van der Waals surface area contributed by atoms with Crippen molar-refractivity contribution in [3.05, 3.63) is 36.5 Å². The van der Waals surface area contributed by atoms with Gasteiger partial charge in [0.25, 0.3) is 0 Å². The third-order valence-corrected chi connectivity index (χ3v) is 4.10. The summed E-state index contributed by atoms with van der Waals surface area (Å²) in [4.78, 5) is 11.6. The molecule has 0 aromatic heterocycles. The van der Waals surface area contributed by atoms with Crippen molar-refractivity contribution in [2.24, 2.45) is 0 Å². The Balaban J connectivity index is 3.62. The lowest BCUT2D eigenvalue weighted by atomic mass is 10.1. The van der Waals surface area contributed by atoms with Gasteiger partial charge in [-0.25, -0.2) is 0 Å². The van der Waals surface area contributed by atoms with Crippen LogP contribution in [0.25, 0.3) is 0 Å². The molecule has 0 aliphatic carbocycles. The van der Waals surface area contributed by atoms with Crippen LogP contribution in [-0.4, -0.2) is 28.1 Å². The number of rotatable bonds is 14. The fraction of sp³-hybridized carbons (Fsp3) is 0.682.